The molecule has 1 amide bonds. The predicted molar refractivity (Wildman–Crippen MR) is 106 cm³/mol. The van der Waals surface area contributed by atoms with E-state index in [0.29, 0.717) is 30.5 Å². The molecule has 0 saturated carbocycles. The van der Waals surface area contributed by atoms with Gasteiger partial charge in [-0.3, -0.25) is 15.6 Å². The van der Waals surface area contributed by atoms with Crippen molar-refractivity contribution in [2.24, 2.45) is 0 Å². The number of hydrazine groups is 1. The van der Waals surface area contributed by atoms with E-state index in [-0.39, 0.29) is 11.0 Å². The summed E-state index contributed by atoms with van der Waals surface area (Å²) in [6.45, 7) is 4.63. The first-order valence-electron chi connectivity index (χ1n) is 8.52. The number of hydrogen-bond donors (Lipinski definition) is 3. The number of benzene rings is 2. The summed E-state index contributed by atoms with van der Waals surface area (Å²) < 4.78 is 16.7. The Morgan fingerprint density at radius 1 is 1.11 bits per heavy atom. The summed E-state index contributed by atoms with van der Waals surface area (Å²) in [5.74, 6) is 1.67. The Morgan fingerprint density at radius 2 is 1.85 bits per heavy atom. The lowest BCUT2D eigenvalue weighted by Gasteiger charge is -2.20. The van der Waals surface area contributed by atoms with Crippen LogP contribution >= 0.6 is 12.2 Å². The molecular formula is C19H21N3O4S. The Bertz CT molecular complexity index is 843. The van der Waals surface area contributed by atoms with Crippen molar-refractivity contribution in [1.29, 1.82) is 0 Å². The lowest BCUT2D eigenvalue weighted by Crippen LogP contribution is -2.48. The summed E-state index contributed by atoms with van der Waals surface area (Å²) in [5, 5.41) is 3.21. The molecule has 0 radical (unpaired) electrons. The highest BCUT2D eigenvalue weighted by atomic mass is 32.1. The second-order valence-electron chi connectivity index (χ2n) is 5.95. The van der Waals surface area contributed by atoms with Gasteiger partial charge in [-0.1, -0.05) is 18.2 Å². The third kappa shape index (κ3) is 5.01. The molecular weight excluding hydrogens is 366 g/mol. The number of aryl methyl sites for hydroxylation is 1. The van der Waals surface area contributed by atoms with Crippen molar-refractivity contribution in [3.05, 3.63) is 48.0 Å². The third-order valence-electron chi connectivity index (χ3n) is 3.87. The Balaban J connectivity index is 1.48. The molecule has 27 heavy (non-hydrogen) atoms. The van der Waals surface area contributed by atoms with Crippen LogP contribution in [0.25, 0.3) is 0 Å². The monoisotopic (exact) mass is 387 g/mol. The highest BCUT2D eigenvalue weighted by Gasteiger charge is 2.16. The van der Waals surface area contributed by atoms with E-state index in [1.165, 1.54) is 0 Å². The molecule has 0 spiro atoms. The zero-order valence-corrected chi connectivity index (χ0v) is 15.9. The van der Waals surface area contributed by atoms with Gasteiger partial charge in [-0.05, 0) is 49.8 Å². The van der Waals surface area contributed by atoms with Gasteiger partial charge in [0.05, 0.1) is 0 Å². The number of hydrogen-bond acceptors (Lipinski definition) is 5. The zero-order valence-electron chi connectivity index (χ0n) is 15.1. The fourth-order valence-corrected chi connectivity index (χ4v) is 2.60. The number of rotatable bonds is 4. The standard InChI is InChI=1S/C19H21N3O4S/c1-12-5-3-4-6-15(12)26-13(2)18(23)21-22-19(27)20-14-7-8-16-17(11-14)25-10-9-24-16/h3-8,11,13H,9-10H2,1-2H3,(H,21,23)(H2,20,22,27)/t13-/m1/s1. The van der Waals surface area contributed by atoms with Gasteiger partial charge in [-0.2, -0.15) is 0 Å². The molecule has 1 heterocycles. The van der Waals surface area contributed by atoms with Crippen molar-refractivity contribution in [2.45, 2.75) is 20.0 Å². The minimum absolute atomic E-state index is 0.239. The molecule has 7 nitrogen and oxygen atoms in total. The Morgan fingerprint density at radius 3 is 2.63 bits per heavy atom. The summed E-state index contributed by atoms with van der Waals surface area (Å²) in [4.78, 5) is 12.2. The molecule has 1 aliphatic heterocycles. The van der Waals surface area contributed by atoms with Crippen LogP contribution in [0.15, 0.2) is 42.5 Å². The van der Waals surface area contributed by atoms with Crippen LogP contribution in [-0.2, 0) is 4.79 Å². The van der Waals surface area contributed by atoms with Gasteiger partial charge < -0.3 is 19.5 Å². The molecule has 142 valence electrons. The average Bonchev–Trinajstić information content (AvgIpc) is 2.67. The van der Waals surface area contributed by atoms with Crippen molar-refractivity contribution in [3.8, 4) is 17.2 Å². The quantitative estimate of drug-likeness (QED) is 0.549. The van der Waals surface area contributed by atoms with Gasteiger partial charge in [-0.15, -0.1) is 0 Å². The van der Waals surface area contributed by atoms with Gasteiger partial charge in [-0.25, -0.2) is 0 Å². The maximum absolute atomic E-state index is 12.2. The molecule has 0 aliphatic carbocycles. The molecule has 2 aromatic carbocycles. The summed E-state index contributed by atoms with van der Waals surface area (Å²) in [6.07, 6.45) is -0.685. The minimum Gasteiger partial charge on any atom is -0.486 e. The molecule has 1 atom stereocenters. The van der Waals surface area contributed by atoms with Gasteiger partial charge in [0.25, 0.3) is 5.91 Å². The molecule has 1 aliphatic rings. The number of thiocarbonyl (C=S) groups is 1. The molecule has 0 fully saturated rings. The van der Waals surface area contributed by atoms with Gasteiger partial charge >= 0.3 is 0 Å². The average molecular weight is 387 g/mol. The Kier molecular flexibility index (Phi) is 5.97. The number of anilines is 1. The van der Waals surface area contributed by atoms with Crippen molar-refractivity contribution < 1.29 is 19.0 Å². The first-order chi connectivity index (χ1) is 13.0. The van der Waals surface area contributed by atoms with Crippen LogP contribution < -0.4 is 30.4 Å². The van der Waals surface area contributed by atoms with Gasteiger partial charge in [0.2, 0.25) is 0 Å². The van der Waals surface area contributed by atoms with E-state index < -0.39 is 6.10 Å². The summed E-state index contributed by atoms with van der Waals surface area (Å²) in [6, 6.07) is 12.9. The minimum atomic E-state index is -0.685. The lowest BCUT2D eigenvalue weighted by atomic mass is 10.2. The fourth-order valence-electron chi connectivity index (χ4n) is 2.44. The maximum Gasteiger partial charge on any atom is 0.279 e. The van der Waals surface area contributed by atoms with E-state index >= 15 is 0 Å². The molecule has 3 rings (SSSR count). The molecule has 8 heteroatoms. The topological polar surface area (TPSA) is 80.9 Å². The number of fused-ring (bicyclic) bond motifs is 1. The third-order valence-corrected chi connectivity index (χ3v) is 4.07. The second-order valence-corrected chi connectivity index (χ2v) is 6.36. The molecule has 2 aromatic rings. The summed E-state index contributed by atoms with van der Waals surface area (Å²) in [7, 11) is 0. The molecule has 0 unspecified atom stereocenters. The van der Waals surface area contributed by atoms with E-state index in [9.17, 15) is 4.79 Å². The van der Waals surface area contributed by atoms with Crippen molar-refractivity contribution in [1.82, 2.24) is 10.9 Å². The normalized spacial score (nSPS) is 13.3. The van der Waals surface area contributed by atoms with Crippen LogP contribution in [-0.4, -0.2) is 30.3 Å². The van der Waals surface area contributed by atoms with Crippen molar-refractivity contribution >= 4 is 28.9 Å². The number of carbonyl (C=O) groups is 1. The first kappa shape index (κ1) is 18.8. The maximum atomic E-state index is 12.2. The molecule has 0 aromatic heterocycles. The van der Waals surface area contributed by atoms with Gasteiger partial charge in [0, 0.05) is 11.8 Å². The number of para-hydroxylation sites is 1. The Labute approximate surface area is 163 Å². The van der Waals surface area contributed by atoms with Gasteiger partial charge in [0.15, 0.2) is 22.7 Å². The second kappa shape index (κ2) is 8.59. The van der Waals surface area contributed by atoms with Crippen molar-refractivity contribution in [2.75, 3.05) is 18.5 Å². The summed E-state index contributed by atoms with van der Waals surface area (Å²) >= 11 is 5.20. The first-order valence-corrected chi connectivity index (χ1v) is 8.92. The van der Waals surface area contributed by atoms with E-state index in [1.807, 2.05) is 37.3 Å². The molecule has 0 bridgehead atoms. The molecule has 0 saturated heterocycles. The molecule has 3 N–H and O–H groups in total. The van der Waals surface area contributed by atoms with Crippen LogP contribution in [0.5, 0.6) is 17.2 Å². The number of amides is 1. The van der Waals surface area contributed by atoms with Crippen LogP contribution in [0.1, 0.15) is 12.5 Å². The van der Waals surface area contributed by atoms with E-state index in [0.717, 1.165) is 11.3 Å². The SMILES string of the molecule is Cc1ccccc1O[C@H](C)C(=O)NNC(=S)Nc1ccc2c(c1)OCCO2. The largest absolute Gasteiger partial charge is 0.486 e. The zero-order chi connectivity index (χ0) is 19.2. The van der Waals surface area contributed by atoms with E-state index in [2.05, 4.69) is 16.2 Å². The number of nitrogens with one attached hydrogen (secondary N) is 3. The Hall–Kier alpha value is -3.00. The van der Waals surface area contributed by atoms with Crippen LogP contribution in [0.4, 0.5) is 5.69 Å². The predicted octanol–water partition coefficient (Wildman–Crippen LogP) is 2.55. The fraction of sp³-hybridized carbons (Fsp3) is 0.263. The van der Waals surface area contributed by atoms with Crippen LogP contribution in [0.2, 0.25) is 0 Å². The number of ether oxygens (including phenoxy) is 3. The number of carbonyl (C=O) groups excluding carboxylic acids is 1. The van der Waals surface area contributed by atoms with E-state index in [1.54, 1.807) is 19.1 Å². The summed E-state index contributed by atoms with van der Waals surface area (Å²) in [5.41, 5.74) is 6.87. The van der Waals surface area contributed by atoms with Crippen LogP contribution in [0.3, 0.4) is 0 Å². The van der Waals surface area contributed by atoms with Gasteiger partial charge in [0.1, 0.15) is 19.0 Å². The highest BCUT2D eigenvalue weighted by Crippen LogP contribution is 2.32. The lowest BCUT2D eigenvalue weighted by molar-refractivity contribution is -0.127. The van der Waals surface area contributed by atoms with Crippen LogP contribution in [0, 0.1) is 6.92 Å². The highest BCUT2D eigenvalue weighted by molar-refractivity contribution is 7.80. The smallest absolute Gasteiger partial charge is 0.279 e. The van der Waals surface area contributed by atoms with E-state index in [4.69, 9.17) is 26.4 Å². The van der Waals surface area contributed by atoms with Crippen molar-refractivity contribution in [3.63, 3.8) is 0 Å².